The zero-order chi connectivity index (χ0) is 13.5. The molecule has 0 aliphatic rings. The number of carbonyl (C=O) groups excluding carboxylic acids is 1. The maximum Gasteiger partial charge on any atom is 0.341 e. The zero-order valence-electron chi connectivity index (χ0n) is 11.4. The number of methoxy groups -OCH3 is 2. The van der Waals surface area contributed by atoms with Crippen LogP contribution in [0.15, 0.2) is 10.5 Å². The van der Waals surface area contributed by atoms with Gasteiger partial charge in [0.15, 0.2) is 0 Å². The lowest BCUT2D eigenvalue weighted by atomic mass is 10.2. The van der Waals surface area contributed by atoms with Gasteiger partial charge in [0.1, 0.15) is 17.1 Å². The highest BCUT2D eigenvalue weighted by Gasteiger charge is 2.15. The Labute approximate surface area is 107 Å². The van der Waals surface area contributed by atoms with E-state index < -0.39 is 0 Å². The number of ether oxygens (including phenoxy) is 2. The van der Waals surface area contributed by atoms with Gasteiger partial charge >= 0.3 is 5.97 Å². The van der Waals surface area contributed by atoms with Gasteiger partial charge in [0, 0.05) is 13.2 Å². The molecular weight excluding hydrogens is 234 g/mol. The predicted octanol–water partition coefficient (Wildman–Crippen LogP) is 1.89. The van der Waals surface area contributed by atoms with Crippen LogP contribution in [0.5, 0.6) is 0 Å². The Morgan fingerprint density at radius 3 is 2.78 bits per heavy atom. The van der Waals surface area contributed by atoms with Crippen LogP contribution in [0.25, 0.3) is 0 Å². The molecule has 0 aromatic carbocycles. The fourth-order valence-electron chi connectivity index (χ4n) is 1.71. The molecular formula is C13H21NO4. The van der Waals surface area contributed by atoms with Crippen LogP contribution < -0.4 is 5.32 Å². The van der Waals surface area contributed by atoms with Crippen molar-refractivity contribution in [1.29, 1.82) is 0 Å². The SMILES string of the molecule is CCC(COC)NCc1cc(C(=O)OC)c(C)o1. The first-order chi connectivity index (χ1) is 8.62. The first kappa shape index (κ1) is 14.7. The molecule has 0 saturated carbocycles. The summed E-state index contributed by atoms with van der Waals surface area (Å²) in [5.74, 6) is 0.937. The Balaban J connectivity index is 2.60. The Kier molecular flexibility index (Phi) is 5.88. The molecule has 0 saturated heterocycles. The number of carbonyl (C=O) groups is 1. The average Bonchev–Trinajstić information content (AvgIpc) is 2.74. The number of hydrogen-bond acceptors (Lipinski definition) is 5. The van der Waals surface area contributed by atoms with Gasteiger partial charge in [0.25, 0.3) is 0 Å². The number of hydrogen-bond donors (Lipinski definition) is 1. The molecule has 0 bridgehead atoms. The van der Waals surface area contributed by atoms with Crippen molar-refractivity contribution >= 4 is 5.97 Å². The second kappa shape index (κ2) is 7.18. The summed E-state index contributed by atoms with van der Waals surface area (Å²) in [6.45, 7) is 5.06. The molecule has 1 aromatic heterocycles. The van der Waals surface area contributed by atoms with Crippen molar-refractivity contribution in [1.82, 2.24) is 5.32 Å². The van der Waals surface area contributed by atoms with Gasteiger partial charge in [-0.3, -0.25) is 0 Å². The molecule has 5 nitrogen and oxygen atoms in total. The van der Waals surface area contributed by atoms with Crippen molar-refractivity contribution in [2.75, 3.05) is 20.8 Å². The third-order valence-electron chi connectivity index (χ3n) is 2.80. The van der Waals surface area contributed by atoms with Crippen LogP contribution in [-0.4, -0.2) is 32.8 Å². The first-order valence-electron chi connectivity index (χ1n) is 6.02. The number of esters is 1. The van der Waals surface area contributed by atoms with E-state index in [0.29, 0.717) is 24.5 Å². The van der Waals surface area contributed by atoms with E-state index in [2.05, 4.69) is 17.0 Å². The molecule has 1 rings (SSSR count). The summed E-state index contributed by atoms with van der Waals surface area (Å²) in [7, 11) is 3.04. The topological polar surface area (TPSA) is 60.7 Å². The van der Waals surface area contributed by atoms with Crippen LogP contribution in [0.3, 0.4) is 0 Å². The predicted molar refractivity (Wildman–Crippen MR) is 67.6 cm³/mol. The van der Waals surface area contributed by atoms with Gasteiger partial charge in [0.05, 0.1) is 20.3 Å². The lowest BCUT2D eigenvalue weighted by Crippen LogP contribution is -2.31. The van der Waals surface area contributed by atoms with Crippen molar-refractivity contribution in [3.63, 3.8) is 0 Å². The highest BCUT2D eigenvalue weighted by atomic mass is 16.5. The molecule has 1 aromatic rings. The average molecular weight is 255 g/mol. The molecule has 0 radical (unpaired) electrons. The minimum absolute atomic E-state index is 0.280. The van der Waals surface area contributed by atoms with E-state index in [1.54, 1.807) is 20.1 Å². The highest BCUT2D eigenvalue weighted by molar-refractivity contribution is 5.90. The number of rotatable bonds is 7. The summed E-state index contributed by atoms with van der Waals surface area (Å²) in [5.41, 5.74) is 0.481. The summed E-state index contributed by atoms with van der Waals surface area (Å²) < 4.78 is 15.3. The molecule has 1 N–H and O–H groups in total. The molecule has 0 aliphatic heterocycles. The number of furan rings is 1. The van der Waals surface area contributed by atoms with E-state index in [-0.39, 0.29) is 12.0 Å². The lowest BCUT2D eigenvalue weighted by molar-refractivity contribution is 0.0599. The van der Waals surface area contributed by atoms with Crippen molar-refractivity contribution in [3.05, 3.63) is 23.2 Å². The van der Waals surface area contributed by atoms with Gasteiger partial charge in [-0.15, -0.1) is 0 Å². The van der Waals surface area contributed by atoms with Gasteiger partial charge in [-0.2, -0.15) is 0 Å². The smallest absolute Gasteiger partial charge is 0.341 e. The summed E-state index contributed by atoms with van der Waals surface area (Å²) in [5, 5.41) is 3.31. The van der Waals surface area contributed by atoms with Gasteiger partial charge < -0.3 is 19.2 Å². The quantitative estimate of drug-likeness (QED) is 0.754. The summed E-state index contributed by atoms with van der Waals surface area (Å²) >= 11 is 0. The summed E-state index contributed by atoms with van der Waals surface area (Å²) in [6, 6.07) is 2.00. The van der Waals surface area contributed by atoms with Crippen LogP contribution in [0.4, 0.5) is 0 Å². The molecule has 1 unspecified atom stereocenters. The van der Waals surface area contributed by atoms with Crippen LogP contribution >= 0.6 is 0 Å². The van der Waals surface area contributed by atoms with Gasteiger partial charge in [-0.05, 0) is 19.4 Å². The monoisotopic (exact) mass is 255 g/mol. The van der Waals surface area contributed by atoms with E-state index >= 15 is 0 Å². The molecule has 18 heavy (non-hydrogen) atoms. The standard InChI is InChI=1S/C13H21NO4/c1-5-10(8-16-3)14-7-11-6-12(9(2)18-11)13(15)17-4/h6,10,14H,5,7-8H2,1-4H3. The first-order valence-corrected chi connectivity index (χ1v) is 6.02. The number of aryl methyl sites for hydroxylation is 1. The third kappa shape index (κ3) is 3.85. The minimum Gasteiger partial charge on any atom is -0.465 e. The van der Waals surface area contributed by atoms with Crippen molar-refractivity contribution < 1.29 is 18.7 Å². The van der Waals surface area contributed by atoms with E-state index in [1.807, 2.05) is 0 Å². The second-order valence-electron chi connectivity index (χ2n) is 4.12. The van der Waals surface area contributed by atoms with Crippen molar-refractivity contribution in [2.24, 2.45) is 0 Å². The maximum absolute atomic E-state index is 11.4. The van der Waals surface area contributed by atoms with E-state index in [0.717, 1.165) is 12.2 Å². The van der Waals surface area contributed by atoms with Crippen LogP contribution in [0.2, 0.25) is 0 Å². The Bertz CT molecular complexity index is 386. The third-order valence-corrected chi connectivity index (χ3v) is 2.80. The highest BCUT2D eigenvalue weighted by Crippen LogP contribution is 2.15. The fourth-order valence-corrected chi connectivity index (χ4v) is 1.71. The largest absolute Gasteiger partial charge is 0.465 e. The normalized spacial score (nSPS) is 12.4. The van der Waals surface area contributed by atoms with Gasteiger partial charge in [0.2, 0.25) is 0 Å². The lowest BCUT2D eigenvalue weighted by Gasteiger charge is -2.14. The number of nitrogens with one attached hydrogen (secondary N) is 1. The fraction of sp³-hybridized carbons (Fsp3) is 0.615. The van der Waals surface area contributed by atoms with Crippen LogP contribution in [0, 0.1) is 6.92 Å². The van der Waals surface area contributed by atoms with Gasteiger partial charge in [-0.1, -0.05) is 6.92 Å². The van der Waals surface area contributed by atoms with Crippen LogP contribution in [-0.2, 0) is 16.0 Å². The van der Waals surface area contributed by atoms with E-state index in [4.69, 9.17) is 9.15 Å². The Hall–Kier alpha value is -1.33. The van der Waals surface area contributed by atoms with Crippen molar-refractivity contribution in [2.45, 2.75) is 32.9 Å². The molecule has 0 fully saturated rings. The molecule has 1 heterocycles. The molecule has 5 heteroatoms. The Morgan fingerprint density at radius 2 is 2.22 bits per heavy atom. The van der Waals surface area contributed by atoms with Crippen LogP contribution in [0.1, 0.15) is 35.2 Å². The second-order valence-corrected chi connectivity index (χ2v) is 4.12. The molecule has 0 aliphatic carbocycles. The summed E-state index contributed by atoms with van der Waals surface area (Å²) in [4.78, 5) is 11.4. The Morgan fingerprint density at radius 1 is 1.50 bits per heavy atom. The zero-order valence-corrected chi connectivity index (χ0v) is 11.4. The minimum atomic E-state index is -0.369. The van der Waals surface area contributed by atoms with Gasteiger partial charge in [-0.25, -0.2) is 4.79 Å². The van der Waals surface area contributed by atoms with Crippen molar-refractivity contribution in [3.8, 4) is 0 Å². The molecule has 1 atom stereocenters. The molecule has 0 amide bonds. The summed E-state index contributed by atoms with van der Waals surface area (Å²) in [6.07, 6.45) is 0.970. The molecule has 102 valence electrons. The maximum atomic E-state index is 11.4. The molecule has 0 spiro atoms. The van der Waals surface area contributed by atoms with E-state index in [9.17, 15) is 4.79 Å². The van der Waals surface area contributed by atoms with E-state index in [1.165, 1.54) is 7.11 Å².